The van der Waals surface area contributed by atoms with Crippen LogP contribution in [0.3, 0.4) is 0 Å². The number of H-pyrrole nitrogens is 1. The first kappa shape index (κ1) is 19.6. The van der Waals surface area contributed by atoms with Gasteiger partial charge in [-0.1, -0.05) is 24.3 Å². The minimum atomic E-state index is -0.340. The molecule has 1 aromatic carbocycles. The van der Waals surface area contributed by atoms with Crippen LogP contribution in [-0.4, -0.2) is 22.8 Å². The number of nitrogens with zero attached hydrogens (tertiary/aromatic N) is 1. The Morgan fingerprint density at radius 2 is 2.07 bits per heavy atom. The third-order valence-corrected chi connectivity index (χ3v) is 6.09. The van der Waals surface area contributed by atoms with Gasteiger partial charge in [0.2, 0.25) is 0 Å². The van der Waals surface area contributed by atoms with Crippen LogP contribution in [0.25, 0.3) is 0 Å². The standard InChI is InChI=1S/C23H25N3O2S/c1-26(13-16-11-12-29-15-16)14-18-9-10-20(22(27)24-18)23(28)25-21-8-4-6-17-5-2-3-7-19(17)21/h2-3,5,7,9-12,15,21H,4,6,8,13-14H2,1H3,(H,24,27)(H,25,28)/t21-/m1/s1. The van der Waals surface area contributed by atoms with E-state index in [1.54, 1.807) is 17.4 Å². The fourth-order valence-electron chi connectivity index (χ4n) is 3.97. The van der Waals surface area contributed by atoms with Crippen molar-refractivity contribution in [1.82, 2.24) is 15.2 Å². The number of carbonyl (C=O) groups is 1. The Morgan fingerprint density at radius 3 is 2.86 bits per heavy atom. The number of hydrogen-bond acceptors (Lipinski definition) is 4. The van der Waals surface area contributed by atoms with Gasteiger partial charge in [-0.15, -0.1) is 0 Å². The van der Waals surface area contributed by atoms with Gasteiger partial charge in [-0.05, 0) is 72.0 Å². The molecule has 0 unspecified atom stereocenters. The van der Waals surface area contributed by atoms with E-state index in [0.717, 1.165) is 37.1 Å². The number of hydrogen-bond donors (Lipinski definition) is 2. The van der Waals surface area contributed by atoms with E-state index in [4.69, 9.17) is 0 Å². The average molecular weight is 408 g/mol. The largest absolute Gasteiger partial charge is 0.345 e. The normalized spacial score (nSPS) is 15.9. The molecule has 6 heteroatoms. The molecular weight excluding hydrogens is 382 g/mol. The monoisotopic (exact) mass is 407 g/mol. The van der Waals surface area contributed by atoms with Crippen LogP contribution in [0.4, 0.5) is 0 Å². The van der Waals surface area contributed by atoms with Crippen molar-refractivity contribution in [2.45, 2.75) is 38.4 Å². The number of aromatic nitrogens is 1. The Kier molecular flexibility index (Phi) is 5.92. The molecule has 29 heavy (non-hydrogen) atoms. The number of thiophene rings is 1. The van der Waals surface area contributed by atoms with E-state index in [1.165, 1.54) is 11.1 Å². The van der Waals surface area contributed by atoms with E-state index in [-0.39, 0.29) is 23.1 Å². The zero-order chi connectivity index (χ0) is 20.2. The van der Waals surface area contributed by atoms with Crippen molar-refractivity contribution in [3.8, 4) is 0 Å². The first-order chi connectivity index (χ1) is 14.1. The number of pyridine rings is 1. The van der Waals surface area contributed by atoms with Crippen molar-refractivity contribution in [1.29, 1.82) is 0 Å². The molecule has 0 spiro atoms. The summed E-state index contributed by atoms with van der Waals surface area (Å²) in [6.45, 7) is 1.43. The number of aromatic amines is 1. The molecule has 3 aromatic rings. The quantitative estimate of drug-likeness (QED) is 0.652. The first-order valence-electron chi connectivity index (χ1n) is 9.90. The maximum absolute atomic E-state index is 12.7. The van der Waals surface area contributed by atoms with Crippen molar-refractivity contribution in [2.24, 2.45) is 0 Å². The lowest BCUT2D eigenvalue weighted by Crippen LogP contribution is -2.34. The Morgan fingerprint density at radius 1 is 1.21 bits per heavy atom. The summed E-state index contributed by atoms with van der Waals surface area (Å²) in [7, 11) is 2.01. The topological polar surface area (TPSA) is 65.2 Å². The molecule has 1 amide bonds. The molecule has 0 fully saturated rings. The maximum Gasteiger partial charge on any atom is 0.261 e. The summed E-state index contributed by atoms with van der Waals surface area (Å²) in [4.78, 5) is 30.3. The highest BCUT2D eigenvalue weighted by Gasteiger charge is 2.23. The maximum atomic E-state index is 12.7. The zero-order valence-corrected chi connectivity index (χ0v) is 17.3. The molecular formula is C23H25N3O2S. The molecule has 4 rings (SSSR count). The summed E-state index contributed by atoms with van der Waals surface area (Å²) in [6, 6.07) is 13.7. The van der Waals surface area contributed by atoms with Crippen LogP contribution in [0.5, 0.6) is 0 Å². The molecule has 150 valence electrons. The minimum absolute atomic E-state index is 0.0386. The lowest BCUT2D eigenvalue weighted by Gasteiger charge is -2.26. The number of fused-ring (bicyclic) bond motifs is 1. The minimum Gasteiger partial charge on any atom is -0.345 e. The van der Waals surface area contributed by atoms with Crippen molar-refractivity contribution in [2.75, 3.05) is 7.05 Å². The highest BCUT2D eigenvalue weighted by Crippen LogP contribution is 2.29. The molecule has 0 saturated heterocycles. The Bertz CT molecular complexity index is 1040. The second-order valence-corrected chi connectivity index (χ2v) is 8.43. The van der Waals surface area contributed by atoms with Gasteiger partial charge in [0, 0.05) is 18.8 Å². The van der Waals surface area contributed by atoms with Crippen molar-refractivity contribution < 1.29 is 4.79 Å². The SMILES string of the molecule is CN(Cc1ccsc1)Cc1ccc(C(=O)N[C@@H]2CCCc3ccccc32)c(=O)[nH]1. The second kappa shape index (κ2) is 8.76. The highest BCUT2D eigenvalue weighted by atomic mass is 32.1. The van der Waals surface area contributed by atoms with Crippen LogP contribution in [0.15, 0.2) is 58.0 Å². The molecule has 2 N–H and O–H groups in total. The highest BCUT2D eigenvalue weighted by molar-refractivity contribution is 7.07. The van der Waals surface area contributed by atoms with Crippen LogP contribution in [0.2, 0.25) is 0 Å². The predicted octanol–water partition coefficient (Wildman–Crippen LogP) is 3.88. The van der Waals surface area contributed by atoms with Gasteiger partial charge in [-0.25, -0.2) is 0 Å². The van der Waals surface area contributed by atoms with E-state index in [9.17, 15) is 9.59 Å². The third kappa shape index (κ3) is 4.66. The van der Waals surface area contributed by atoms with Gasteiger partial charge in [0.15, 0.2) is 0 Å². The summed E-state index contributed by atoms with van der Waals surface area (Å²) in [5, 5.41) is 7.23. The van der Waals surface area contributed by atoms with E-state index in [2.05, 4.69) is 44.2 Å². The van der Waals surface area contributed by atoms with E-state index in [1.807, 2.05) is 25.2 Å². The molecule has 5 nitrogen and oxygen atoms in total. The van der Waals surface area contributed by atoms with Gasteiger partial charge < -0.3 is 10.3 Å². The first-order valence-corrected chi connectivity index (χ1v) is 10.8. The van der Waals surface area contributed by atoms with Gasteiger partial charge in [-0.2, -0.15) is 11.3 Å². The summed E-state index contributed by atoms with van der Waals surface area (Å²) < 4.78 is 0. The zero-order valence-electron chi connectivity index (χ0n) is 16.5. The average Bonchev–Trinajstić information content (AvgIpc) is 3.21. The lowest BCUT2D eigenvalue weighted by atomic mass is 9.87. The van der Waals surface area contributed by atoms with E-state index >= 15 is 0 Å². The Balaban J connectivity index is 1.43. The molecule has 2 aromatic heterocycles. The summed E-state index contributed by atoms with van der Waals surface area (Å²) >= 11 is 1.68. The predicted molar refractivity (Wildman–Crippen MR) is 116 cm³/mol. The number of carbonyl (C=O) groups excluding carboxylic acids is 1. The number of aryl methyl sites for hydroxylation is 1. The third-order valence-electron chi connectivity index (χ3n) is 5.36. The van der Waals surface area contributed by atoms with Gasteiger partial charge in [0.1, 0.15) is 5.56 Å². The van der Waals surface area contributed by atoms with Crippen LogP contribution in [0.1, 0.15) is 51.6 Å². The van der Waals surface area contributed by atoms with E-state index < -0.39 is 0 Å². The molecule has 0 saturated carbocycles. The molecule has 0 bridgehead atoms. The second-order valence-electron chi connectivity index (χ2n) is 7.65. The smallest absolute Gasteiger partial charge is 0.261 e. The lowest BCUT2D eigenvalue weighted by molar-refractivity contribution is 0.0931. The van der Waals surface area contributed by atoms with Gasteiger partial charge >= 0.3 is 0 Å². The molecule has 0 aliphatic heterocycles. The van der Waals surface area contributed by atoms with Crippen LogP contribution < -0.4 is 10.9 Å². The Labute approximate surface area is 174 Å². The van der Waals surface area contributed by atoms with Crippen LogP contribution in [0, 0.1) is 0 Å². The van der Waals surface area contributed by atoms with Crippen LogP contribution in [-0.2, 0) is 19.5 Å². The molecule has 1 atom stereocenters. The van der Waals surface area contributed by atoms with Crippen molar-refractivity contribution >= 4 is 17.2 Å². The Hall–Kier alpha value is -2.70. The molecule has 1 aliphatic rings. The molecule has 2 heterocycles. The molecule has 0 radical (unpaired) electrons. The molecule has 1 aliphatic carbocycles. The summed E-state index contributed by atoms with van der Waals surface area (Å²) in [5.41, 5.74) is 4.32. The van der Waals surface area contributed by atoms with Crippen molar-refractivity contribution in [3.63, 3.8) is 0 Å². The van der Waals surface area contributed by atoms with Gasteiger partial charge in [0.25, 0.3) is 11.5 Å². The fourth-order valence-corrected chi connectivity index (χ4v) is 4.63. The van der Waals surface area contributed by atoms with Gasteiger partial charge in [-0.3, -0.25) is 14.5 Å². The van der Waals surface area contributed by atoms with Crippen molar-refractivity contribution in [3.05, 3.63) is 91.5 Å². The van der Waals surface area contributed by atoms with Crippen LogP contribution >= 0.6 is 11.3 Å². The van der Waals surface area contributed by atoms with E-state index in [0.29, 0.717) is 6.54 Å². The summed E-state index contributed by atoms with van der Waals surface area (Å²) in [6.07, 6.45) is 2.97. The fraction of sp³-hybridized carbons (Fsp3) is 0.304. The number of nitrogens with one attached hydrogen (secondary N) is 2. The van der Waals surface area contributed by atoms with Gasteiger partial charge in [0.05, 0.1) is 6.04 Å². The number of benzene rings is 1. The number of amides is 1. The number of rotatable bonds is 6. The summed E-state index contributed by atoms with van der Waals surface area (Å²) in [5.74, 6) is -0.314.